The number of aromatic nitrogens is 2. The Bertz CT molecular complexity index is 590. The Balaban J connectivity index is 2.68. The normalized spacial score (nSPS) is 10.5. The van der Waals surface area contributed by atoms with E-state index >= 15 is 0 Å². The van der Waals surface area contributed by atoms with Crippen LogP contribution in [0, 0.1) is 13.8 Å². The van der Waals surface area contributed by atoms with E-state index in [1.54, 1.807) is 25.1 Å². The van der Waals surface area contributed by atoms with Crippen molar-refractivity contribution in [1.82, 2.24) is 9.78 Å². The van der Waals surface area contributed by atoms with Crippen molar-refractivity contribution < 1.29 is 9.90 Å². The molecule has 0 saturated heterocycles. The number of carbonyl (C=O) groups is 1. The van der Waals surface area contributed by atoms with Crippen molar-refractivity contribution in [3.05, 3.63) is 46.2 Å². The first kappa shape index (κ1) is 11.7. The largest absolute Gasteiger partial charge is 0.477 e. The van der Waals surface area contributed by atoms with Gasteiger partial charge in [0.15, 0.2) is 5.69 Å². The molecule has 17 heavy (non-hydrogen) atoms. The summed E-state index contributed by atoms with van der Waals surface area (Å²) in [6.45, 7) is 3.59. The Morgan fingerprint density at radius 2 is 2.12 bits per heavy atom. The molecule has 0 radical (unpaired) electrons. The molecule has 0 bridgehead atoms. The van der Waals surface area contributed by atoms with Crippen molar-refractivity contribution in [3.8, 4) is 5.69 Å². The van der Waals surface area contributed by atoms with Crippen molar-refractivity contribution in [2.24, 2.45) is 0 Å². The average Bonchev–Trinajstić information content (AvgIpc) is 2.64. The van der Waals surface area contributed by atoms with Gasteiger partial charge in [-0.15, -0.1) is 0 Å². The van der Waals surface area contributed by atoms with Crippen LogP contribution in [0.2, 0.25) is 5.02 Å². The van der Waals surface area contributed by atoms with E-state index in [0.29, 0.717) is 16.4 Å². The van der Waals surface area contributed by atoms with E-state index in [1.165, 1.54) is 10.7 Å². The van der Waals surface area contributed by atoms with Crippen LogP contribution < -0.4 is 0 Å². The highest BCUT2D eigenvalue weighted by molar-refractivity contribution is 6.31. The molecular formula is C12H11ClN2O2. The summed E-state index contributed by atoms with van der Waals surface area (Å²) in [5, 5.41) is 13.9. The van der Waals surface area contributed by atoms with Gasteiger partial charge in [-0.1, -0.05) is 17.7 Å². The van der Waals surface area contributed by atoms with E-state index in [0.717, 1.165) is 5.56 Å². The van der Waals surface area contributed by atoms with Gasteiger partial charge in [0, 0.05) is 5.02 Å². The predicted molar refractivity (Wildman–Crippen MR) is 65.0 cm³/mol. The summed E-state index contributed by atoms with van der Waals surface area (Å²) >= 11 is 6.01. The van der Waals surface area contributed by atoms with E-state index < -0.39 is 5.97 Å². The lowest BCUT2D eigenvalue weighted by Gasteiger charge is -2.09. The lowest BCUT2D eigenvalue weighted by atomic mass is 10.2. The van der Waals surface area contributed by atoms with Gasteiger partial charge in [0.1, 0.15) is 0 Å². The number of halogens is 1. The van der Waals surface area contributed by atoms with Gasteiger partial charge >= 0.3 is 5.97 Å². The van der Waals surface area contributed by atoms with E-state index in [4.69, 9.17) is 16.7 Å². The standard InChI is InChI=1S/C12H11ClN2O2/c1-7-6-11(12(16)17)15(14-7)10-5-3-4-9(13)8(10)2/h3-6H,1-2H3,(H,16,17). The maximum absolute atomic E-state index is 11.1. The molecule has 0 aliphatic rings. The van der Waals surface area contributed by atoms with Crippen LogP contribution in [0.1, 0.15) is 21.7 Å². The smallest absolute Gasteiger partial charge is 0.354 e. The van der Waals surface area contributed by atoms with Crippen molar-refractivity contribution in [3.63, 3.8) is 0 Å². The fourth-order valence-corrected chi connectivity index (χ4v) is 1.83. The van der Waals surface area contributed by atoms with E-state index in [9.17, 15) is 4.79 Å². The van der Waals surface area contributed by atoms with E-state index in [1.807, 2.05) is 6.92 Å². The summed E-state index contributed by atoms with van der Waals surface area (Å²) in [4.78, 5) is 11.1. The Morgan fingerprint density at radius 1 is 1.41 bits per heavy atom. The molecule has 4 nitrogen and oxygen atoms in total. The second kappa shape index (κ2) is 4.22. The van der Waals surface area contributed by atoms with Crippen LogP contribution >= 0.6 is 11.6 Å². The second-order valence-electron chi connectivity index (χ2n) is 3.77. The summed E-state index contributed by atoms with van der Waals surface area (Å²) in [6.07, 6.45) is 0. The van der Waals surface area contributed by atoms with Crippen molar-refractivity contribution in [2.45, 2.75) is 13.8 Å². The minimum Gasteiger partial charge on any atom is -0.477 e. The molecular weight excluding hydrogens is 240 g/mol. The Labute approximate surface area is 103 Å². The highest BCUT2D eigenvalue weighted by Gasteiger charge is 2.15. The van der Waals surface area contributed by atoms with Crippen molar-refractivity contribution in [2.75, 3.05) is 0 Å². The summed E-state index contributed by atoms with van der Waals surface area (Å²) in [6, 6.07) is 6.85. The third-order valence-corrected chi connectivity index (χ3v) is 2.93. The minimum atomic E-state index is -1.01. The van der Waals surface area contributed by atoms with Gasteiger partial charge in [0.2, 0.25) is 0 Å². The third-order valence-electron chi connectivity index (χ3n) is 2.52. The Hall–Kier alpha value is -1.81. The maximum atomic E-state index is 11.1. The number of hydrogen-bond acceptors (Lipinski definition) is 2. The highest BCUT2D eigenvalue weighted by atomic mass is 35.5. The van der Waals surface area contributed by atoms with Gasteiger partial charge in [-0.05, 0) is 37.6 Å². The fraction of sp³-hybridized carbons (Fsp3) is 0.167. The molecule has 1 N–H and O–H groups in total. The van der Waals surface area contributed by atoms with Gasteiger partial charge in [-0.2, -0.15) is 5.10 Å². The van der Waals surface area contributed by atoms with Crippen LogP contribution in [0.15, 0.2) is 24.3 Å². The number of nitrogens with zero attached hydrogens (tertiary/aromatic N) is 2. The monoisotopic (exact) mass is 250 g/mol. The molecule has 0 saturated carbocycles. The quantitative estimate of drug-likeness (QED) is 0.892. The molecule has 5 heteroatoms. The molecule has 2 aromatic rings. The van der Waals surface area contributed by atoms with Gasteiger partial charge < -0.3 is 5.11 Å². The van der Waals surface area contributed by atoms with Crippen LogP contribution in [0.5, 0.6) is 0 Å². The number of carboxylic acids is 1. The maximum Gasteiger partial charge on any atom is 0.354 e. The molecule has 0 unspecified atom stereocenters. The van der Waals surface area contributed by atoms with Crippen LogP contribution in [0.3, 0.4) is 0 Å². The van der Waals surface area contributed by atoms with E-state index in [2.05, 4.69) is 5.10 Å². The average molecular weight is 251 g/mol. The van der Waals surface area contributed by atoms with Crippen LogP contribution in [0.25, 0.3) is 5.69 Å². The summed E-state index contributed by atoms with van der Waals surface area (Å²) in [5.41, 5.74) is 2.28. The molecule has 0 fully saturated rings. The summed E-state index contributed by atoms with van der Waals surface area (Å²) in [7, 11) is 0. The number of carboxylic acid groups (broad SMARTS) is 1. The lowest BCUT2D eigenvalue weighted by Crippen LogP contribution is -2.09. The first-order chi connectivity index (χ1) is 8.00. The van der Waals surface area contributed by atoms with Crippen LogP contribution in [-0.2, 0) is 0 Å². The minimum absolute atomic E-state index is 0.132. The molecule has 0 spiro atoms. The number of aryl methyl sites for hydroxylation is 1. The predicted octanol–water partition coefficient (Wildman–Crippen LogP) is 2.84. The third kappa shape index (κ3) is 2.03. The zero-order valence-corrected chi connectivity index (χ0v) is 10.2. The highest BCUT2D eigenvalue weighted by Crippen LogP contribution is 2.23. The zero-order valence-electron chi connectivity index (χ0n) is 9.44. The van der Waals surface area contributed by atoms with Crippen LogP contribution in [-0.4, -0.2) is 20.9 Å². The number of hydrogen-bond donors (Lipinski definition) is 1. The lowest BCUT2D eigenvalue weighted by molar-refractivity contribution is 0.0687. The molecule has 88 valence electrons. The Kier molecular flexibility index (Phi) is 2.90. The molecule has 0 aliphatic carbocycles. The van der Waals surface area contributed by atoms with Gasteiger partial charge in [0.25, 0.3) is 0 Å². The molecule has 2 rings (SSSR count). The first-order valence-corrected chi connectivity index (χ1v) is 5.44. The topological polar surface area (TPSA) is 55.1 Å². The van der Waals surface area contributed by atoms with Gasteiger partial charge in [-0.3, -0.25) is 0 Å². The van der Waals surface area contributed by atoms with Crippen molar-refractivity contribution >= 4 is 17.6 Å². The molecule has 1 aromatic heterocycles. The molecule has 0 amide bonds. The van der Waals surface area contributed by atoms with Crippen molar-refractivity contribution in [1.29, 1.82) is 0 Å². The summed E-state index contributed by atoms with van der Waals surface area (Å²) in [5.74, 6) is -1.01. The number of aromatic carboxylic acids is 1. The second-order valence-corrected chi connectivity index (χ2v) is 4.18. The molecule has 1 heterocycles. The van der Waals surface area contributed by atoms with Gasteiger partial charge in [0.05, 0.1) is 11.4 Å². The number of benzene rings is 1. The van der Waals surface area contributed by atoms with E-state index in [-0.39, 0.29) is 5.69 Å². The fourth-order valence-electron chi connectivity index (χ4n) is 1.66. The Morgan fingerprint density at radius 3 is 2.76 bits per heavy atom. The number of rotatable bonds is 2. The molecule has 1 aromatic carbocycles. The SMILES string of the molecule is Cc1cc(C(=O)O)n(-c2cccc(Cl)c2C)n1. The first-order valence-electron chi connectivity index (χ1n) is 5.06. The molecule has 0 aliphatic heterocycles. The van der Waals surface area contributed by atoms with Crippen LogP contribution in [0.4, 0.5) is 0 Å². The molecule has 0 atom stereocenters. The van der Waals surface area contributed by atoms with Gasteiger partial charge in [-0.25, -0.2) is 9.48 Å². The summed E-state index contributed by atoms with van der Waals surface area (Å²) < 4.78 is 1.40. The zero-order chi connectivity index (χ0) is 12.6.